The molecule has 2 atom stereocenters. The first-order chi connectivity index (χ1) is 19.5. The number of likely N-dealkylation sites (N-methyl/N-ethyl adjacent to an activating group) is 1. The second-order valence-corrected chi connectivity index (χ2v) is 12.2. The Bertz CT molecular complexity index is 1480. The van der Waals surface area contributed by atoms with Crippen molar-refractivity contribution >= 4 is 52.5 Å². The first kappa shape index (κ1) is 29.8. The predicted molar refractivity (Wildman–Crippen MR) is 161 cm³/mol. The van der Waals surface area contributed by atoms with Crippen molar-refractivity contribution < 1.29 is 18.7 Å². The molecule has 5 rings (SSSR count). The molecule has 0 bridgehead atoms. The largest absolute Gasteiger partial charge is 0.521 e. The van der Waals surface area contributed by atoms with Crippen LogP contribution in [-0.4, -0.2) is 50.6 Å². The monoisotopic (exact) mass is 618 g/mol. The molecule has 2 aliphatic heterocycles. The second kappa shape index (κ2) is 11.9. The third-order valence-corrected chi connectivity index (χ3v) is 9.44. The van der Waals surface area contributed by atoms with E-state index in [0.29, 0.717) is 70.8 Å². The van der Waals surface area contributed by atoms with Crippen LogP contribution in [-0.2, 0) is 21.7 Å². The average Bonchev–Trinajstić information content (AvgIpc) is 2.95. The molecule has 1 fully saturated rings. The number of nitrogens with zero attached hydrogens (tertiary/aromatic N) is 2. The zero-order chi connectivity index (χ0) is 29.4. The molecule has 3 aromatic carbocycles. The van der Waals surface area contributed by atoms with Crippen LogP contribution in [0.5, 0.6) is 0 Å². The number of quaternary nitrogens is 1. The summed E-state index contributed by atoms with van der Waals surface area (Å²) in [6.45, 7) is 1.88. The van der Waals surface area contributed by atoms with Crippen molar-refractivity contribution in [2.75, 3.05) is 33.7 Å². The van der Waals surface area contributed by atoms with Gasteiger partial charge in [0.05, 0.1) is 35.1 Å². The predicted octanol–water partition coefficient (Wildman–Crippen LogP) is 7.28. The fraction of sp³-hybridized carbons (Fsp3) is 0.355. The lowest BCUT2D eigenvalue weighted by Gasteiger charge is -2.46. The molecule has 10 heteroatoms. The molecular formula is C31H32Cl3FN3O3+. The Morgan fingerprint density at radius 2 is 1.78 bits per heavy atom. The molecule has 3 aromatic rings. The Balaban J connectivity index is 1.48. The lowest BCUT2D eigenvalue weighted by molar-refractivity contribution is -0.132. The molecule has 0 saturated carbocycles. The highest BCUT2D eigenvalue weighted by Gasteiger charge is 2.54. The standard InChI is InChI=1S/C31H32Cl3FN3O3/c1-37(19-21-5-3-4-6-25(21)32)29(39)23(20-7-9-26(33)27(34)17-20)11-16-38(2)28-10-8-22(35)18-24(28)31(41-30(38)40)12-14-36-15-13-31/h3-10,17-18,23,36H,11-16,19H2,1-2H3/q+1. The topological polar surface area (TPSA) is 58.6 Å². The Hall–Kier alpha value is -2.68. The van der Waals surface area contributed by atoms with E-state index in [1.807, 2.05) is 18.2 Å². The zero-order valence-corrected chi connectivity index (χ0v) is 25.2. The number of carbonyl (C=O) groups excluding carboxylic acids is 2. The molecule has 0 aromatic heterocycles. The number of nitrogens with one attached hydrogen (secondary N) is 1. The van der Waals surface area contributed by atoms with Crippen LogP contribution in [0.3, 0.4) is 0 Å². The first-order valence-corrected chi connectivity index (χ1v) is 14.7. The average molecular weight is 620 g/mol. The van der Waals surface area contributed by atoms with Gasteiger partial charge in [-0.15, -0.1) is 0 Å². The van der Waals surface area contributed by atoms with E-state index in [4.69, 9.17) is 39.5 Å². The van der Waals surface area contributed by atoms with Crippen molar-refractivity contribution in [1.82, 2.24) is 14.7 Å². The quantitative estimate of drug-likeness (QED) is 0.282. The van der Waals surface area contributed by atoms with Crippen LogP contribution in [0.25, 0.3) is 0 Å². The van der Waals surface area contributed by atoms with Crippen LogP contribution in [0, 0.1) is 5.82 Å². The third kappa shape index (κ3) is 5.84. The maximum atomic E-state index is 14.5. The molecule has 2 amide bonds. The number of rotatable bonds is 7. The number of ether oxygens (including phenoxy) is 1. The zero-order valence-electron chi connectivity index (χ0n) is 22.9. The molecule has 216 valence electrons. The number of carbonyl (C=O) groups is 2. The first-order valence-electron chi connectivity index (χ1n) is 13.6. The highest BCUT2D eigenvalue weighted by molar-refractivity contribution is 6.42. The van der Waals surface area contributed by atoms with Crippen molar-refractivity contribution in [2.24, 2.45) is 0 Å². The lowest BCUT2D eigenvalue weighted by Crippen LogP contribution is -2.60. The molecule has 1 saturated heterocycles. The van der Waals surface area contributed by atoms with Gasteiger partial charge in [0.15, 0.2) is 11.3 Å². The van der Waals surface area contributed by atoms with E-state index in [1.54, 1.807) is 49.3 Å². The summed E-state index contributed by atoms with van der Waals surface area (Å²) in [6, 6.07) is 17.1. The second-order valence-electron chi connectivity index (χ2n) is 11.0. The molecule has 6 nitrogen and oxygen atoms in total. The van der Waals surface area contributed by atoms with Gasteiger partial charge in [0.1, 0.15) is 5.82 Å². The highest BCUT2D eigenvalue weighted by atomic mass is 35.5. The van der Waals surface area contributed by atoms with E-state index in [-0.39, 0.29) is 22.8 Å². The molecule has 0 radical (unpaired) electrons. The molecule has 0 aliphatic carbocycles. The molecule has 2 heterocycles. The highest BCUT2D eigenvalue weighted by Crippen LogP contribution is 2.47. The SMILES string of the molecule is CN(Cc1ccccc1Cl)C(=O)C(CC[N+]1(C)C(=O)OC2(CCNCC2)c2cc(F)ccc21)c1ccc(Cl)c(Cl)c1. The summed E-state index contributed by atoms with van der Waals surface area (Å²) in [6.07, 6.45) is 0.996. The summed E-state index contributed by atoms with van der Waals surface area (Å²) in [5.41, 5.74) is 2.01. The van der Waals surface area contributed by atoms with Gasteiger partial charge in [-0.1, -0.05) is 59.1 Å². The van der Waals surface area contributed by atoms with E-state index >= 15 is 0 Å². The summed E-state index contributed by atoms with van der Waals surface area (Å²) in [5, 5.41) is 4.58. The Labute approximate surface area is 254 Å². The molecule has 1 spiro atoms. The summed E-state index contributed by atoms with van der Waals surface area (Å²) in [5.74, 6) is -1.18. The van der Waals surface area contributed by atoms with E-state index in [1.165, 1.54) is 12.1 Å². The molecule has 41 heavy (non-hydrogen) atoms. The van der Waals surface area contributed by atoms with Gasteiger partial charge < -0.3 is 15.0 Å². The molecule has 1 N–H and O–H groups in total. The summed E-state index contributed by atoms with van der Waals surface area (Å²) in [7, 11) is 3.48. The van der Waals surface area contributed by atoms with E-state index < -0.39 is 17.6 Å². The van der Waals surface area contributed by atoms with Crippen molar-refractivity contribution in [2.45, 2.75) is 37.3 Å². The molecule has 2 unspecified atom stereocenters. The van der Waals surface area contributed by atoms with Crippen LogP contribution in [0.2, 0.25) is 15.1 Å². The molecule has 2 aliphatic rings. The lowest BCUT2D eigenvalue weighted by atomic mass is 9.81. The Morgan fingerprint density at radius 3 is 2.49 bits per heavy atom. The van der Waals surface area contributed by atoms with Crippen molar-refractivity contribution in [3.63, 3.8) is 0 Å². The van der Waals surface area contributed by atoms with Crippen LogP contribution in [0.4, 0.5) is 14.9 Å². The summed E-state index contributed by atoms with van der Waals surface area (Å²) < 4.78 is 20.5. The van der Waals surface area contributed by atoms with Gasteiger partial charge in [-0.2, -0.15) is 9.28 Å². The third-order valence-electron chi connectivity index (χ3n) is 8.33. The fourth-order valence-corrected chi connectivity index (χ4v) is 6.42. The number of piperidine rings is 1. The van der Waals surface area contributed by atoms with Crippen molar-refractivity contribution in [3.8, 4) is 0 Å². The normalized spacial score (nSPS) is 20.3. The maximum Gasteiger partial charge on any atom is 0.521 e. The number of hydrogen-bond acceptors (Lipinski definition) is 4. The van der Waals surface area contributed by atoms with Crippen LogP contribution in [0.15, 0.2) is 60.7 Å². The molecular weight excluding hydrogens is 588 g/mol. The van der Waals surface area contributed by atoms with Gasteiger partial charge in [0.25, 0.3) is 0 Å². The van der Waals surface area contributed by atoms with Crippen LogP contribution in [0.1, 0.15) is 41.9 Å². The van der Waals surface area contributed by atoms with Gasteiger partial charge in [0, 0.05) is 43.9 Å². The minimum Gasteiger partial charge on any atom is -0.408 e. The fourth-order valence-electron chi connectivity index (χ4n) is 5.91. The number of halogens is 4. The van der Waals surface area contributed by atoms with Crippen molar-refractivity contribution in [1.29, 1.82) is 0 Å². The van der Waals surface area contributed by atoms with Crippen molar-refractivity contribution in [3.05, 3.63) is 98.2 Å². The maximum absolute atomic E-state index is 14.5. The van der Waals surface area contributed by atoms with Gasteiger partial charge >= 0.3 is 6.09 Å². The van der Waals surface area contributed by atoms with E-state index in [2.05, 4.69) is 5.32 Å². The Kier molecular flexibility index (Phi) is 8.65. The minimum atomic E-state index is -0.869. The van der Waals surface area contributed by atoms with Gasteiger partial charge in [-0.3, -0.25) is 4.79 Å². The number of benzene rings is 3. The van der Waals surface area contributed by atoms with Gasteiger partial charge in [-0.05, 0) is 54.5 Å². The van der Waals surface area contributed by atoms with E-state index in [9.17, 15) is 14.0 Å². The van der Waals surface area contributed by atoms with Gasteiger partial charge in [0.2, 0.25) is 5.91 Å². The van der Waals surface area contributed by atoms with Crippen LogP contribution >= 0.6 is 34.8 Å². The van der Waals surface area contributed by atoms with E-state index in [0.717, 1.165) is 5.56 Å². The summed E-state index contributed by atoms with van der Waals surface area (Å²) in [4.78, 5) is 29.3. The van der Waals surface area contributed by atoms with Crippen LogP contribution < -0.4 is 9.80 Å². The summed E-state index contributed by atoms with van der Waals surface area (Å²) >= 11 is 18.9. The minimum absolute atomic E-state index is 0.158. The smallest absolute Gasteiger partial charge is 0.408 e. The van der Waals surface area contributed by atoms with Gasteiger partial charge in [-0.25, -0.2) is 4.39 Å². The number of amides is 2. The number of hydrogen-bond donors (Lipinski definition) is 1. The number of fused-ring (bicyclic) bond motifs is 2. The Morgan fingerprint density at radius 1 is 1.05 bits per heavy atom.